The van der Waals surface area contributed by atoms with Crippen molar-refractivity contribution in [2.75, 3.05) is 40.0 Å². The molecule has 1 aliphatic rings. The van der Waals surface area contributed by atoms with Crippen LogP contribution in [0.25, 0.3) is 5.69 Å². The van der Waals surface area contributed by atoms with Gasteiger partial charge in [-0.3, -0.25) is 4.79 Å². The van der Waals surface area contributed by atoms with E-state index in [0.717, 1.165) is 10.7 Å². The molecule has 0 spiro atoms. The third-order valence-corrected chi connectivity index (χ3v) is 6.44. The van der Waals surface area contributed by atoms with Crippen molar-refractivity contribution >= 4 is 12.0 Å². The topological polar surface area (TPSA) is 121 Å². The van der Waals surface area contributed by atoms with Crippen molar-refractivity contribution in [2.45, 2.75) is 45.6 Å². The van der Waals surface area contributed by atoms with Crippen LogP contribution in [0, 0.1) is 23.5 Å². The van der Waals surface area contributed by atoms with Gasteiger partial charge in [-0.05, 0) is 43.7 Å². The number of carboxylic acid groups (broad SMARTS) is 1. The van der Waals surface area contributed by atoms with Crippen molar-refractivity contribution in [1.29, 1.82) is 0 Å². The van der Waals surface area contributed by atoms with Gasteiger partial charge in [-0.25, -0.2) is 18.3 Å². The Morgan fingerprint density at radius 2 is 2.00 bits per heavy atom. The summed E-state index contributed by atoms with van der Waals surface area (Å²) in [7, 11) is 1.58. The monoisotopic (exact) mass is 523 g/mol. The minimum Gasteiger partial charge on any atom is -0.465 e. The molecule has 1 aliphatic heterocycles. The smallest absolute Gasteiger partial charge is 0.407 e. The summed E-state index contributed by atoms with van der Waals surface area (Å²) in [6, 6.07) is 3.23. The van der Waals surface area contributed by atoms with Gasteiger partial charge in [0, 0.05) is 45.9 Å². The first kappa shape index (κ1) is 28.5. The van der Waals surface area contributed by atoms with Crippen LogP contribution in [-0.4, -0.2) is 93.0 Å². The zero-order chi connectivity index (χ0) is 27.1. The highest BCUT2D eigenvalue weighted by atomic mass is 19.2. The number of carbonyl (C=O) groups is 2. The number of amides is 2. The van der Waals surface area contributed by atoms with Crippen molar-refractivity contribution in [3.63, 3.8) is 0 Å². The lowest BCUT2D eigenvalue weighted by Gasteiger charge is -2.41. The fraction of sp³-hybridized carbons (Fsp3) is 0.600. The normalized spacial score (nSPS) is 17.9. The first-order chi connectivity index (χ1) is 17.7. The summed E-state index contributed by atoms with van der Waals surface area (Å²) < 4.78 is 34.9. The number of hydrogen-bond donors (Lipinski definition) is 2. The van der Waals surface area contributed by atoms with Crippen LogP contribution >= 0.6 is 0 Å². The molecular weight excluding hydrogens is 488 g/mol. The second-order valence-corrected chi connectivity index (χ2v) is 9.80. The summed E-state index contributed by atoms with van der Waals surface area (Å²) in [6.45, 7) is 4.77. The molecular formula is C25H35F2N5O5. The summed E-state index contributed by atoms with van der Waals surface area (Å²) in [5, 5.41) is 27.5. The zero-order valence-corrected chi connectivity index (χ0v) is 21.4. The molecule has 1 aromatic carbocycles. The maximum absolute atomic E-state index is 14.7. The third-order valence-electron chi connectivity index (χ3n) is 6.44. The number of aromatic nitrogens is 3. The first-order valence-electron chi connectivity index (χ1n) is 12.4. The van der Waals surface area contributed by atoms with E-state index in [9.17, 15) is 28.6 Å². The van der Waals surface area contributed by atoms with Crippen molar-refractivity contribution in [3.05, 3.63) is 41.2 Å². The predicted octanol–water partition coefficient (Wildman–Crippen LogP) is 2.97. The van der Waals surface area contributed by atoms with Gasteiger partial charge in [-0.2, -0.15) is 0 Å². The highest BCUT2D eigenvalue weighted by Crippen LogP contribution is 2.26. The number of piperidine rings is 1. The van der Waals surface area contributed by atoms with Crippen molar-refractivity contribution in [3.8, 4) is 5.69 Å². The number of aliphatic hydroxyl groups is 1. The Kier molecular flexibility index (Phi) is 9.93. The lowest BCUT2D eigenvalue weighted by Crippen LogP contribution is -2.55. The molecule has 37 heavy (non-hydrogen) atoms. The predicted molar refractivity (Wildman–Crippen MR) is 131 cm³/mol. The van der Waals surface area contributed by atoms with Gasteiger partial charge in [0.05, 0.1) is 11.7 Å². The molecule has 2 atom stereocenters. The maximum atomic E-state index is 14.7. The second-order valence-electron chi connectivity index (χ2n) is 9.80. The van der Waals surface area contributed by atoms with Gasteiger partial charge in [-0.1, -0.05) is 25.1 Å². The molecule has 1 aromatic heterocycles. The van der Waals surface area contributed by atoms with Gasteiger partial charge in [0.15, 0.2) is 17.3 Å². The summed E-state index contributed by atoms with van der Waals surface area (Å²) >= 11 is 0. The van der Waals surface area contributed by atoms with Crippen LogP contribution in [0.2, 0.25) is 0 Å². The van der Waals surface area contributed by atoms with E-state index in [1.807, 2.05) is 13.8 Å². The number of nitrogens with zero attached hydrogens (tertiary/aromatic N) is 5. The van der Waals surface area contributed by atoms with Crippen LogP contribution in [0.5, 0.6) is 0 Å². The molecule has 0 unspecified atom stereocenters. The van der Waals surface area contributed by atoms with Crippen LogP contribution in [0.3, 0.4) is 0 Å². The molecule has 0 aliphatic carbocycles. The number of benzene rings is 1. The third kappa shape index (κ3) is 6.80. The molecule has 2 aromatic rings. The molecule has 10 nitrogen and oxygen atoms in total. The number of aliphatic hydroxyl groups excluding tert-OH is 1. The van der Waals surface area contributed by atoms with E-state index in [4.69, 9.17) is 4.74 Å². The number of methoxy groups -OCH3 is 1. The number of halogens is 2. The van der Waals surface area contributed by atoms with Gasteiger partial charge >= 0.3 is 6.09 Å². The molecule has 0 radical (unpaired) electrons. The van der Waals surface area contributed by atoms with Crippen molar-refractivity contribution < 1.29 is 33.3 Å². The average molecular weight is 524 g/mol. The Labute approximate surface area is 214 Å². The lowest BCUT2D eigenvalue weighted by molar-refractivity contribution is 0.0317. The second kappa shape index (κ2) is 12.9. The van der Waals surface area contributed by atoms with E-state index in [1.54, 1.807) is 12.0 Å². The number of likely N-dealkylation sites (tertiary alicyclic amines) is 1. The highest BCUT2D eigenvalue weighted by molar-refractivity contribution is 5.93. The average Bonchev–Trinajstić information content (AvgIpc) is 3.29. The molecule has 2 amide bonds. The number of rotatable bonds is 11. The van der Waals surface area contributed by atoms with Crippen molar-refractivity contribution in [1.82, 2.24) is 24.8 Å². The number of carbonyl (C=O) groups excluding carboxylic acids is 1. The van der Waals surface area contributed by atoms with Crippen LogP contribution < -0.4 is 0 Å². The minimum absolute atomic E-state index is 0.00900. The minimum atomic E-state index is -1.12. The molecule has 1 fully saturated rings. The van der Waals surface area contributed by atoms with Crippen LogP contribution in [0.15, 0.2) is 18.2 Å². The van der Waals surface area contributed by atoms with Crippen LogP contribution in [0.4, 0.5) is 13.6 Å². The Balaban J connectivity index is 2.02. The largest absolute Gasteiger partial charge is 0.465 e. The van der Waals surface area contributed by atoms with Gasteiger partial charge in [0.25, 0.3) is 5.91 Å². The Morgan fingerprint density at radius 3 is 2.65 bits per heavy atom. The van der Waals surface area contributed by atoms with Gasteiger partial charge < -0.3 is 24.7 Å². The SMILES string of the molecule is COCCCCc1c(C(=O)N(CC(C)C)[C@H]2C[C@@H](CO)CN(C(=O)O)C2)nnn1-c1cccc(F)c1F. The zero-order valence-electron chi connectivity index (χ0n) is 21.4. The maximum Gasteiger partial charge on any atom is 0.407 e. The van der Waals surface area contributed by atoms with Gasteiger partial charge in [-0.15, -0.1) is 5.10 Å². The lowest BCUT2D eigenvalue weighted by atomic mass is 9.93. The highest BCUT2D eigenvalue weighted by Gasteiger charge is 2.37. The molecule has 204 valence electrons. The van der Waals surface area contributed by atoms with E-state index in [-0.39, 0.29) is 42.9 Å². The molecule has 0 bridgehead atoms. The summed E-state index contributed by atoms with van der Waals surface area (Å²) in [6.07, 6.45) is 0.880. The Bertz CT molecular complexity index is 1080. The fourth-order valence-corrected chi connectivity index (χ4v) is 4.70. The molecule has 2 N–H and O–H groups in total. The molecule has 3 rings (SSSR count). The molecule has 2 heterocycles. The van der Waals surface area contributed by atoms with Gasteiger partial charge in [0.2, 0.25) is 0 Å². The number of ether oxygens (including phenoxy) is 1. The molecule has 12 heteroatoms. The number of hydrogen-bond acceptors (Lipinski definition) is 6. The fourth-order valence-electron chi connectivity index (χ4n) is 4.70. The summed E-state index contributed by atoms with van der Waals surface area (Å²) in [4.78, 5) is 28.5. The van der Waals surface area contributed by atoms with Gasteiger partial charge in [0.1, 0.15) is 5.69 Å². The summed E-state index contributed by atoms with van der Waals surface area (Å²) in [5.41, 5.74) is 0.192. The van der Waals surface area contributed by atoms with E-state index in [2.05, 4.69) is 10.3 Å². The molecule has 0 saturated carbocycles. The first-order valence-corrected chi connectivity index (χ1v) is 12.4. The molecule has 1 saturated heterocycles. The van der Waals surface area contributed by atoms with Crippen LogP contribution in [0.1, 0.15) is 49.3 Å². The van der Waals surface area contributed by atoms with Crippen molar-refractivity contribution in [2.24, 2.45) is 11.8 Å². The number of unbranched alkanes of at least 4 members (excludes halogenated alkanes) is 1. The van der Waals surface area contributed by atoms with Crippen LogP contribution in [-0.2, 0) is 11.2 Å². The van der Waals surface area contributed by atoms with E-state index >= 15 is 0 Å². The van der Waals surface area contributed by atoms with E-state index < -0.39 is 29.7 Å². The Morgan fingerprint density at radius 1 is 1.24 bits per heavy atom. The summed E-state index contributed by atoms with van der Waals surface area (Å²) in [5.74, 6) is -2.87. The quantitative estimate of drug-likeness (QED) is 0.435. The van der Waals surface area contributed by atoms with E-state index in [0.29, 0.717) is 44.5 Å². The Hall–Kier alpha value is -3.12. The van der Waals surface area contributed by atoms with E-state index in [1.165, 1.54) is 17.0 Å². The standard InChI is InChI=1S/C25H35F2N5O5/c1-16(2)12-31(18-11-17(15-33)13-30(14-18)25(35)36)24(34)23-21(8-4-5-10-37-3)32(29-28-23)20-9-6-7-19(26)22(20)27/h6-7,9,16-18,33H,4-5,8,10-15H2,1-3H3,(H,35,36)/t17-,18+/m1/s1.